The molecule has 0 aromatic carbocycles. The number of hydrogen-bond acceptors (Lipinski definition) is 7. The maximum atomic E-state index is 11.3. The predicted octanol–water partition coefficient (Wildman–Crippen LogP) is -0.645. The predicted molar refractivity (Wildman–Crippen MR) is 62.0 cm³/mol. The molecule has 1 aliphatic carbocycles. The lowest BCUT2D eigenvalue weighted by Gasteiger charge is -2.30. The molecule has 108 valence electrons. The number of hydrogen-bond donors (Lipinski definition) is 4. The number of cyclic esters (lactones) is 1. The van der Waals surface area contributed by atoms with Crippen LogP contribution in [0.2, 0.25) is 0 Å². The van der Waals surface area contributed by atoms with Gasteiger partial charge in [-0.05, 0) is 19.3 Å². The SMILES string of the molecule is O=C1OC(C(O)CO)C(OC2CCCCC2O)=C1O. The molecular weight excluding hydrogens is 256 g/mol. The molecule has 0 spiro atoms. The van der Waals surface area contributed by atoms with Gasteiger partial charge in [0.15, 0.2) is 11.9 Å². The molecule has 0 radical (unpaired) electrons. The molecule has 0 saturated heterocycles. The minimum atomic E-state index is -1.37. The van der Waals surface area contributed by atoms with E-state index in [0.29, 0.717) is 12.8 Å². The highest BCUT2D eigenvalue weighted by molar-refractivity contribution is 5.89. The molecule has 1 fully saturated rings. The minimum Gasteiger partial charge on any atom is -0.499 e. The molecule has 4 atom stereocenters. The molecule has 2 aliphatic rings. The van der Waals surface area contributed by atoms with Gasteiger partial charge in [0, 0.05) is 0 Å². The van der Waals surface area contributed by atoms with E-state index in [4.69, 9.17) is 14.6 Å². The van der Waals surface area contributed by atoms with Crippen LogP contribution >= 0.6 is 0 Å². The highest BCUT2D eigenvalue weighted by Gasteiger charge is 2.42. The van der Waals surface area contributed by atoms with E-state index in [-0.39, 0.29) is 5.76 Å². The molecular formula is C12H18O7. The van der Waals surface area contributed by atoms with Crippen molar-refractivity contribution in [1.29, 1.82) is 0 Å². The lowest BCUT2D eigenvalue weighted by atomic mass is 9.94. The Morgan fingerprint density at radius 1 is 1.37 bits per heavy atom. The molecule has 0 bridgehead atoms. The largest absolute Gasteiger partial charge is 0.499 e. The van der Waals surface area contributed by atoms with Crippen LogP contribution in [0.5, 0.6) is 0 Å². The third-order valence-corrected chi connectivity index (χ3v) is 3.40. The lowest BCUT2D eigenvalue weighted by Crippen LogP contribution is -2.37. The van der Waals surface area contributed by atoms with Gasteiger partial charge in [0.25, 0.3) is 0 Å². The van der Waals surface area contributed by atoms with Crippen molar-refractivity contribution >= 4 is 5.97 Å². The number of aliphatic hydroxyl groups excluding tert-OH is 4. The molecule has 4 unspecified atom stereocenters. The van der Waals surface area contributed by atoms with E-state index in [2.05, 4.69) is 0 Å². The second kappa shape index (κ2) is 5.77. The Kier molecular flexibility index (Phi) is 4.28. The van der Waals surface area contributed by atoms with Crippen LogP contribution < -0.4 is 0 Å². The summed E-state index contributed by atoms with van der Waals surface area (Å²) in [4.78, 5) is 11.3. The van der Waals surface area contributed by atoms with Gasteiger partial charge in [-0.25, -0.2) is 4.79 Å². The minimum absolute atomic E-state index is 0.211. The summed E-state index contributed by atoms with van der Waals surface area (Å²) in [7, 11) is 0. The standard InChI is InChI=1S/C12H18O7/c13-5-7(15)10-11(9(16)12(17)19-10)18-8-4-2-1-3-6(8)14/h6-8,10,13-16H,1-5H2. The van der Waals surface area contributed by atoms with Gasteiger partial charge in [0.2, 0.25) is 5.76 Å². The van der Waals surface area contributed by atoms with Gasteiger partial charge in [-0.1, -0.05) is 6.42 Å². The van der Waals surface area contributed by atoms with Crippen LogP contribution in [-0.4, -0.2) is 57.4 Å². The molecule has 4 N–H and O–H groups in total. The van der Waals surface area contributed by atoms with Gasteiger partial charge in [-0.15, -0.1) is 0 Å². The van der Waals surface area contributed by atoms with Crippen LogP contribution in [0.25, 0.3) is 0 Å². The molecule has 7 heteroatoms. The number of ether oxygens (including phenoxy) is 2. The fraction of sp³-hybridized carbons (Fsp3) is 0.750. The Morgan fingerprint density at radius 2 is 2.05 bits per heavy atom. The van der Waals surface area contributed by atoms with Gasteiger partial charge in [-0.3, -0.25) is 0 Å². The molecule has 0 amide bonds. The number of carbonyl (C=O) groups is 1. The summed E-state index contributed by atoms with van der Waals surface area (Å²) in [5.74, 6) is -1.93. The normalized spacial score (nSPS) is 33.2. The monoisotopic (exact) mass is 274 g/mol. The highest BCUT2D eigenvalue weighted by Crippen LogP contribution is 2.30. The first-order valence-corrected chi connectivity index (χ1v) is 6.32. The number of carbonyl (C=O) groups excluding carboxylic acids is 1. The summed E-state index contributed by atoms with van der Waals surface area (Å²) in [6.45, 7) is -0.634. The van der Waals surface area contributed by atoms with Crippen molar-refractivity contribution < 1.29 is 34.7 Å². The van der Waals surface area contributed by atoms with Gasteiger partial charge in [-0.2, -0.15) is 0 Å². The molecule has 2 rings (SSSR count). The summed E-state index contributed by atoms with van der Waals surface area (Å²) in [6, 6.07) is 0. The second-order valence-corrected chi connectivity index (χ2v) is 4.80. The zero-order chi connectivity index (χ0) is 14.0. The first-order chi connectivity index (χ1) is 9.04. The highest BCUT2D eigenvalue weighted by atomic mass is 16.6. The quantitative estimate of drug-likeness (QED) is 0.503. The number of rotatable bonds is 4. The molecule has 1 saturated carbocycles. The molecule has 1 aliphatic heterocycles. The zero-order valence-electron chi connectivity index (χ0n) is 10.4. The lowest BCUT2D eigenvalue weighted by molar-refractivity contribution is -0.149. The second-order valence-electron chi connectivity index (χ2n) is 4.80. The van der Waals surface area contributed by atoms with E-state index in [1.54, 1.807) is 0 Å². The van der Waals surface area contributed by atoms with Crippen LogP contribution in [0, 0.1) is 0 Å². The van der Waals surface area contributed by atoms with Gasteiger partial charge in [0.1, 0.15) is 12.2 Å². The maximum Gasteiger partial charge on any atom is 0.378 e. The zero-order valence-corrected chi connectivity index (χ0v) is 10.4. The topological polar surface area (TPSA) is 116 Å². The third kappa shape index (κ3) is 2.83. The fourth-order valence-electron chi connectivity index (χ4n) is 2.31. The van der Waals surface area contributed by atoms with Crippen molar-refractivity contribution in [3.8, 4) is 0 Å². The first-order valence-electron chi connectivity index (χ1n) is 6.32. The van der Waals surface area contributed by atoms with Gasteiger partial charge in [0.05, 0.1) is 12.7 Å². The Hall–Kier alpha value is -1.31. The number of aliphatic hydroxyl groups is 4. The molecule has 0 aromatic rings. The van der Waals surface area contributed by atoms with E-state index in [1.165, 1.54) is 0 Å². The Balaban J connectivity index is 2.12. The van der Waals surface area contributed by atoms with Crippen LogP contribution in [0.15, 0.2) is 11.5 Å². The van der Waals surface area contributed by atoms with Gasteiger partial charge >= 0.3 is 5.97 Å². The van der Waals surface area contributed by atoms with E-state index in [0.717, 1.165) is 12.8 Å². The van der Waals surface area contributed by atoms with Gasteiger partial charge < -0.3 is 29.9 Å². The Bertz CT molecular complexity index is 378. The van der Waals surface area contributed by atoms with Crippen molar-refractivity contribution in [2.75, 3.05) is 6.61 Å². The summed E-state index contributed by atoms with van der Waals surface area (Å²) in [5, 5.41) is 37.8. The fourth-order valence-corrected chi connectivity index (χ4v) is 2.31. The molecule has 7 nitrogen and oxygen atoms in total. The summed E-state index contributed by atoms with van der Waals surface area (Å²) in [5.41, 5.74) is 0. The van der Waals surface area contributed by atoms with Crippen molar-refractivity contribution in [3.05, 3.63) is 11.5 Å². The maximum absolute atomic E-state index is 11.3. The van der Waals surface area contributed by atoms with E-state index in [1.807, 2.05) is 0 Å². The van der Waals surface area contributed by atoms with Crippen molar-refractivity contribution in [2.24, 2.45) is 0 Å². The number of esters is 1. The Labute approximate surface area is 110 Å². The summed E-state index contributed by atoms with van der Waals surface area (Å²) in [6.07, 6.45) is -0.891. The summed E-state index contributed by atoms with van der Waals surface area (Å²) < 4.78 is 10.2. The average molecular weight is 274 g/mol. The average Bonchev–Trinajstić information content (AvgIpc) is 2.68. The van der Waals surface area contributed by atoms with E-state index >= 15 is 0 Å². The smallest absolute Gasteiger partial charge is 0.378 e. The van der Waals surface area contributed by atoms with Crippen LogP contribution in [0.3, 0.4) is 0 Å². The van der Waals surface area contributed by atoms with Crippen LogP contribution in [0.4, 0.5) is 0 Å². The summed E-state index contributed by atoms with van der Waals surface area (Å²) >= 11 is 0. The van der Waals surface area contributed by atoms with E-state index < -0.39 is 42.8 Å². The van der Waals surface area contributed by atoms with E-state index in [9.17, 15) is 20.1 Å². The molecule has 0 aromatic heterocycles. The molecule has 19 heavy (non-hydrogen) atoms. The third-order valence-electron chi connectivity index (χ3n) is 3.40. The Morgan fingerprint density at radius 3 is 2.68 bits per heavy atom. The molecule has 1 heterocycles. The first kappa shape index (κ1) is 14.1. The van der Waals surface area contributed by atoms with Crippen molar-refractivity contribution in [3.63, 3.8) is 0 Å². The van der Waals surface area contributed by atoms with Crippen molar-refractivity contribution in [2.45, 2.75) is 50.1 Å². The van der Waals surface area contributed by atoms with Crippen molar-refractivity contribution in [1.82, 2.24) is 0 Å². The van der Waals surface area contributed by atoms with Crippen LogP contribution in [0.1, 0.15) is 25.7 Å². The van der Waals surface area contributed by atoms with Crippen LogP contribution in [-0.2, 0) is 14.3 Å².